The molecule has 122 valence electrons. The van der Waals surface area contributed by atoms with Crippen LogP contribution in [0.25, 0.3) is 0 Å². The molecular formula is C15H13Cl2F2N3O. The number of nitrogens with one attached hydrogen (secondary N) is 1. The lowest BCUT2D eigenvalue weighted by Gasteiger charge is -2.24. The van der Waals surface area contributed by atoms with Crippen LogP contribution in [0.5, 0.6) is 5.75 Å². The molecule has 2 heterocycles. The minimum atomic E-state index is -0.925. The van der Waals surface area contributed by atoms with Gasteiger partial charge < -0.3 is 10.1 Å². The van der Waals surface area contributed by atoms with Gasteiger partial charge in [0, 0.05) is 30.9 Å². The van der Waals surface area contributed by atoms with Gasteiger partial charge in [0.05, 0.1) is 11.9 Å². The van der Waals surface area contributed by atoms with Gasteiger partial charge in [0.1, 0.15) is 27.8 Å². The fourth-order valence-electron chi connectivity index (χ4n) is 2.57. The quantitative estimate of drug-likeness (QED) is 0.843. The molecule has 8 heteroatoms. The van der Waals surface area contributed by atoms with Gasteiger partial charge >= 0.3 is 0 Å². The zero-order valence-electron chi connectivity index (χ0n) is 11.9. The average molecular weight is 360 g/mol. The van der Waals surface area contributed by atoms with E-state index in [2.05, 4.69) is 15.3 Å². The van der Waals surface area contributed by atoms with Gasteiger partial charge in [-0.3, -0.25) is 9.97 Å². The fourth-order valence-corrected chi connectivity index (χ4v) is 3.01. The molecule has 0 unspecified atom stereocenters. The Balaban J connectivity index is 1.99. The van der Waals surface area contributed by atoms with Crippen molar-refractivity contribution in [2.45, 2.75) is 12.5 Å². The zero-order chi connectivity index (χ0) is 16.4. The summed E-state index contributed by atoms with van der Waals surface area (Å²) in [5, 5.41) is 2.52. The van der Waals surface area contributed by atoms with Crippen LogP contribution in [0.1, 0.15) is 18.2 Å². The maximum atomic E-state index is 13.7. The van der Waals surface area contributed by atoms with Crippen LogP contribution in [-0.4, -0.2) is 23.1 Å². The van der Waals surface area contributed by atoms with Crippen molar-refractivity contribution in [2.75, 3.05) is 13.1 Å². The fraction of sp³-hybridized carbons (Fsp3) is 0.333. The lowest BCUT2D eigenvalue weighted by molar-refractivity contribution is 0.139. The molecule has 0 spiro atoms. The molecule has 0 saturated carbocycles. The Kier molecular flexibility index (Phi) is 4.94. The molecule has 1 aliphatic heterocycles. The van der Waals surface area contributed by atoms with E-state index < -0.39 is 17.7 Å². The van der Waals surface area contributed by atoms with E-state index in [1.165, 1.54) is 12.4 Å². The highest BCUT2D eigenvalue weighted by Crippen LogP contribution is 2.41. The van der Waals surface area contributed by atoms with Gasteiger partial charge in [0.2, 0.25) is 0 Å². The molecule has 0 aliphatic carbocycles. The highest BCUT2D eigenvalue weighted by Gasteiger charge is 2.31. The predicted octanol–water partition coefficient (Wildman–Crippen LogP) is 3.79. The SMILES string of the molecule is Fc1cc(F)c(Cl)c(O[C@H](c2cnccn2)[C@H]2CCNC2)c1Cl. The van der Waals surface area contributed by atoms with E-state index in [-0.39, 0.29) is 21.7 Å². The number of aromatic nitrogens is 2. The van der Waals surface area contributed by atoms with Gasteiger partial charge in [-0.05, 0) is 13.0 Å². The maximum Gasteiger partial charge on any atom is 0.163 e. The molecule has 1 saturated heterocycles. The third-order valence-electron chi connectivity index (χ3n) is 3.72. The number of nitrogens with zero attached hydrogens (tertiary/aromatic N) is 2. The summed E-state index contributed by atoms with van der Waals surface area (Å²) < 4.78 is 33.2. The van der Waals surface area contributed by atoms with Crippen molar-refractivity contribution in [3.8, 4) is 5.75 Å². The van der Waals surface area contributed by atoms with Crippen LogP contribution in [0.2, 0.25) is 10.0 Å². The first-order valence-corrected chi connectivity index (χ1v) is 7.79. The summed E-state index contributed by atoms with van der Waals surface area (Å²) in [6.45, 7) is 1.51. The molecule has 3 rings (SSSR count). The largest absolute Gasteiger partial charge is 0.480 e. The lowest BCUT2D eigenvalue weighted by atomic mass is 9.99. The molecule has 1 aromatic heterocycles. The summed E-state index contributed by atoms with van der Waals surface area (Å²) in [5.74, 6) is -2.00. The first-order chi connectivity index (χ1) is 11.1. The smallest absolute Gasteiger partial charge is 0.163 e. The zero-order valence-corrected chi connectivity index (χ0v) is 13.4. The van der Waals surface area contributed by atoms with Crippen LogP contribution in [0.3, 0.4) is 0 Å². The summed E-state index contributed by atoms with van der Waals surface area (Å²) in [6, 6.07) is 0.631. The van der Waals surface area contributed by atoms with Gasteiger partial charge in [-0.15, -0.1) is 0 Å². The maximum absolute atomic E-state index is 13.7. The summed E-state index contributed by atoms with van der Waals surface area (Å²) in [5.41, 5.74) is 0.554. The first-order valence-electron chi connectivity index (χ1n) is 7.04. The summed E-state index contributed by atoms with van der Waals surface area (Å²) in [7, 11) is 0. The first kappa shape index (κ1) is 16.4. The van der Waals surface area contributed by atoms with Crippen molar-refractivity contribution in [1.29, 1.82) is 0 Å². The Bertz CT molecular complexity index is 671. The number of benzene rings is 1. The Labute approximate surface area is 141 Å². The van der Waals surface area contributed by atoms with Crippen molar-refractivity contribution in [2.24, 2.45) is 5.92 Å². The summed E-state index contributed by atoms with van der Waals surface area (Å²) in [4.78, 5) is 8.26. The number of rotatable bonds is 4. The minimum absolute atomic E-state index is 0.0603. The summed E-state index contributed by atoms with van der Waals surface area (Å²) in [6.07, 6.45) is 4.89. The van der Waals surface area contributed by atoms with Gasteiger partial charge in [-0.2, -0.15) is 0 Å². The van der Waals surface area contributed by atoms with Crippen molar-refractivity contribution >= 4 is 23.2 Å². The molecule has 0 bridgehead atoms. The number of hydrogen-bond acceptors (Lipinski definition) is 4. The second-order valence-electron chi connectivity index (χ2n) is 5.22. The lowest BCUT2D eigenvalue weighted by Crippen LogP contribution is -2.23. The van der Waals surface area contributed by atoms with Crippen molar-refractivity contribution in [3.05, 3.63) is 52.0 Å². The third kappa shape index (κ3) is 3.39. The molecule has 0 radical (unpaired) electrons. The molecule has 0 amide bonds. The topological polar surface area (TPSA) is 47.0 Å². The van der Waals surface area contributed by atoms with Crippen LogP contribution in [0.4, 0.5) is 8.78 Å². The number of hydrogen-bond donors (Lipinski definition) is 1. The van der Waals surface area contributed by atoms with Crippen molar-refractivity contribution < 1.29 is 13.5 Å². The van der Waals surface area contributed by atoms with Crippen LogP contribution >= 0.6 is 23.2 Å². The molecule has 4 nitrogen and oxygen atoms in total. The van der Waals surface area contributed by atoms with Gasteiger partial charge in [0.15, 0.2) is 5.75 Å². The van der Waals surface area contributed by atoms with E-state index in [0.29, 0.717) is 18.3 Å². The van der Waals surface area contributed by atoms with Crippen molar-refractivity contribution in [3.63, 3.8) is 0 Å². The minimum Gasteiger partial charge on any atom is -0.480 e. The van der Waals surface area contributed by atoms with Gasteiger partial charge in [0.25, 0.3) is 0 Å². The molecular weight excluding hydrogens is 347 g/mol. The van der Waals surface area contributed by atoms with Crippen LogP contribution in [0, 0.1) is 17.6 Å². The normalized spacial score (nSPS) is 18.9. The molecule has 1 N–H and O–H groups in total. The van der Waals surface area contributed by atoms with Gasteiger partial charge in [-0.25, -0.2) is 8.78 Å². The molecule has 23 heavy (non-hydrogen) atoms. The van der Waals surface area contributed by atoms with Crippen LogP contribution in [0.15, 0.2) is 24.7 Å². The molecule has 2 aromatic rings. The van der Waals surface area contributed by atoms with E-state index in [1.54, 1.807) is 6.20 Å². The van der Waals surface area contributed by atoms with Crippen LogP contribution < -0.4 is 10.1 Å². The Hall–Kier alpha value is -1.50. The monoisotopic (exact) mass is 359 g/mol. The number of ether oxygens (including phenoxy) is 1. The average Bonchev–Trinajstić information content (AvgIpc) is 3.08. The summed E-state index contributed by atoms with van der Waals surface area (Å²) >= 11 is 11.8. The van der Waals surface area contributed by atoms with E-state index in [4.69, 9.17) is 27.9 Å². The molecule has 2 atom stereocenters. The van der Waals surface area contributed by atoms with Gasteiger partial charge in [-0.1, -0.05) is 23.2 Å². The predicted molar refractivity (Wildman–Crippen MR) is 82.8 cm³/mol. The number of halogens is 4. The van der Waals surface area contributed by atoms with Crippen LogP contribution in [-0.2, 0) is 0 Å². The highest BCUT2D eigenvalue weighted by atomic mass is 35.5. The third-order valence-corrected chi connectivity index (χ3v) is 4.42. The van der Waals surface area contributed by atoms with E-state index in [1.807, 2.05) is 0 Å². The van der Waals surface area contributed by atoms with E-state index in [9.17, 15) is 8.78 Å². The highest BCUT2D eigenvalue weighted by molar-refractivity contribution is 6.37. The Morgan fingerprint density at radius 3 is 2.52 bits per heavy atom. The van der Waals surface area contributed by atoms with E-state index >= 15 is 0 Å². The Morgan fingerprint density at radius 1 is 1.22 bits per heavy atom. The molecule has 1 fully saturated rings. The van der Waals surface area contributed by atoms with Crippen molar-refractivity contribution in [1.82, 2.24) is 15.3 Å². The Morgan fingerprint density at radius 2 is 1.96 bits per heavy atom. The molecule has 1 aromatic carbocycles. The van der Waals surface area contributed by atoms with E-state index in [0.717, 1.165) is 13.0 Å². The molecule has 1 aliphatic rings. The standard InChI is InChI=1S/C15H13Cl2F2N3O/c16-12-9(18)5-10(19)13(17)15(12)23-14(8-1-2-20-6-8)11-7-21-3-4-22-11/h3-5,7-8,14,20H,1-2,6H2/t8-,14-/m0/s1. The second-order valence-corrected chi connectivity index (χ2v) is 5.97. The second kappa shape index (κ2) is 6.95.